The normalized spacial score (nSPS) is 13.7. The van der Waals surface area contributed by atoms with E-state index in [1.165, 1.54) is 0 Å². The molecule has 0 heterocycles. The number of hydrogen-bond acceptors (Lipinski definition) is 3. The number of benzene rings is 1. The van der Waals surface area contributed by atoms with E-state index < -0.39 is 33.7 Å². The van der Waals surface area contributed by atoms with Gasteiger partial charge in [0, 0.05) is 17.8 Å². The summed E-state index contributed by atoms with van der Waals surface area (Å²) in [7, 11) is -4.03. The summed E-state index contributed by atoms with van der Waals surface area (Å²) < 4.78 is 104. The molecule has 1 aromatic rings. The molecular weight excluding hydrogens is 390 g/mol. The van der Waals surface area contributed by atoms with Gasteiger partial charge in [-0.2, -0.15) is 39.5 Å². The summed E-state index contributed by atoms with van der Waals surface area (Å²) >= 11 is 0. The third-order valence-corrected chi connectivity index (χ3v) is 4.54. The zero-order valence-electron chi connectivity index (χ0n) is 13.6. The van der Waals surface area contributed by atoms with Crippen LogP contribution in [0.5, 0.6) is 0 Å². The van der Waals surface area contributed by atoms with Gasteiger partial charge in [0.05, 0.1) is 0 Å². The van der Waals surface area contributed by atoms with Gasteiger partial charge in [0.15, 0.2) is 0 Å². The fourth-order valence-corrected chi connectivity index (χ4v) is 2.97. The lowest BCUT2D eigenvalue weighted by molar-refractivity contribution is -0.376. The quantitative estimate of drug-likeness (QED) is 0.456. The maximum atomic E-state index is 12.8. The first-order valence-electron chi connectivity index (χ1n) is 7.48. The Bertz CT molecular complexity index is 672. The molecule has 0 aliphatic carbocycles. The Hall–Kier alpha value is -1.53. The van der Waals surface area contributed by atoms with Crippen molar-refractivity contribution < 1.29 is 39.9 Å². The molecule has 0 radical (unpaired) electrons. The maximum Gasteiger partial charge on any atom is 0.430 e. The second kappa shape index (κ2) is 8.01. The van der Waals surface area contributed by atoms with Gasteiger partial charge in [-0.1, -0.05) is 31.9 Å². The van der Waals surface area contributed by atoms with Crippen LogP contribution in [0.4, 0.5) is 32.0 Å². The van der Waals surface area contributed by atoms with Gasteiger partial charge in [-0.15, -0.1) is 0 Å². The second-order valence-electron chi connectivity index (χ2n) is 5.49. The molecule has 0 atom stereocenters. The van der Waals surface area contributed by atoms with Crippen LogP contribution in [0.2, 0.25) is 0 Å². The van der Waals surface area contributed by atoms with Crippen LogP contribution in [0.25, 0.3) is 0 Å². The lowest BCUT2D eigenvalue weighted by atomic mass is 9.92. The zero-order chi connectivity index (χ0) is 20.2. The minimum Gasteiger partial charge on any atom is -0.369 e. The van der Waals surface area contributed by atoms with E-state index in [0.29, 0.717) is 30.7 Å². The highest BCUT2D eigenvalue weighted by Gasteiger charge is 2.71. The van der Waals surface area contributed by atoms with Crippen LogP contribution in [-0.2, 0) is 15.8 Å². The van der Waals surface area contributed by atoms with Crippen LogP contribution in [0.15, 0.2) is 24.3 Å². The molecule has 0 aliphatic rings. The Morgan fingerprint density at radius 3 is 1.88 bits per heavy atom. The van der Waals surface area contributed by atoms with E-state index in [0.717, 1.165) is 12.8 Å². The van der Waals surface area contributed by atoms with E-state index in [9.17, 15) is 39.9 Å². The maximum absolute atomic E-state index is 12.8. The highest BCUT2D eigenvalue weighted by atomic mass is 32.2. The average molecular weight is 408 g/mol. The predicted molar refractivity (Wildman–Crippen MR) is 82.5 cm³/mol. The summed E-state index contributed by atoms with van der Waals surface area (Å²) in [6, 6.07) is 2.11. The van der Waals surface area contributed by atoms with Crippen LogP contribution in [0.3, 0.4) is 0 Å². The molecule has 5 nitrogen and oxygen atoms in total. The summed E-state index contributed by atoms with van der Waals surface area (Å²) in [5.74, 6) is 0. The molecule has 0 fully saturated rings. The number of unbranched alkanes of at least 4 members (excludes halogenated alkanes) is 2. The van der Waals surface area contributed by atoms with Crippen molar-refractivity contribution in [2.75, 3.05) is 11.3 Å². The van der Waals surface area contributed by atoms with E-state index in [2.05, 4.69) is 4.72 Å². The van der Waals surface area contributed by atoms with Crippen LogP contribution >= 0.6 is 0 Å². The highest BCUT2D eigenvalue weighted by Crippen LogP contribution is 2.50. The molecule has 0 aliphatic heterocycles. The number of anilines is 1. The Morgan fingerprint density at radius 2 is 1.46 bits per heavy atom. The lowest BCUT2D eigenvalue weighted by Gasteiger charge is -2.32. The third kappa shape index (κ3) is 5.24. The SMILES string of the molecule is CCCCCNS(=O)(=O)Nc1ccc(C(O)(C(F)(F)F)C(F)(F)F)cc1. The van der Waals surface area contributed by atoms with E-state index in [4.69, 9.17) is 0 Å². The molecule has 3 N–H and O–H groups in total. The molecule has 26 heavy (non-hydrogen) atoms. The monoisotopic (exact) mass is 408 g/mol. The van der Waals surface area contributed by atoms with Crippen molar-refractivity contribution in [3.8, 4) is 0 Å². The standard InChI is InChI=1S/C14H18F6N2O3S/c1-2-3-4-9-21-26(24,25)22-11-7-5-10(6-8-11)12(23,13(15,16)17)14(18,19)20/h5-8,21-23H,2-4,9H2,1H3. The van der Waals surface area contributed by atoms with E-state index in [-0.39, 0.29) is 12.2 Å². The minimum atomic E-state index is -6.01. The van der Waals surface area contributed by atoms with Crippen LogP contribution < -0.4 is 9.44 Å². The molecular formula is C14H18F6N2O3S. The molecule has 0 unspecified atom stereocenters. The van der Waals surface area contributed by atoms with E-state index in [1.54, 1.807) is 0 Å². The van der Waals surface area contributed by atoms with E-state index in [1.807, 2.05) is 11.6 Å². The van der Waals surface area contributed by atoms with Crippen molar-refractivity contribution in [2.45, 2.75) is 44.1 Å². The molecule has 1 aromatic carbocycles. The Kier molecular flexibility index (Phi) is 6.93. The number of hydrogen-bond donors (Lipinski definition) is 3. The first-order valence-corrected chi connectivity index (χ1v) is 8.96. The van der Waals surface area contributed by atoms with Gasteiger partial charge in [0.2, 0.25) is 0 Å². The lowest BCUT2D eigenvalue weighted by Crippen LogP contribution is -2.53. The van der Waals surface area contributed by atoms with E-state index >= 15 is 0 Å². The minimum absolute atomic E-state index is 0.128. The summed E-state index contributed by atoms with van der Waals surface area (Å²) in [4.78, 5) is 0. The van der Waals surface area contributed by atoms with Crippen molar-refractivity contribution in [3.05, 3.63) is 29.8 Å². The van der Waals surface area contributed by atoms with Gasteiger partial charge in [-0.3, -0.25) is 4.72 Å². The predicted octanol–water partition coefficient (Wildman–Crippen LogP) is 3.44. The van der Waals surface area contributed by atoms with Gasteiger partial charge in [0.25, 0.3) is 15.8 Å². The molecule has 0 amide bonds. The van der Waals surface area contributed by atoms with Gasteiger partial charge in [-0.25, -0.2) is 0 Å². The summed E-state index contributed by atoms with van der Waals surface area (Å²) in [5, 5.41) is 9.24. The molecule has 12 heteroatoms. The number of rotatable bonds is 8. The summed E-state index contributed by atoms with van der Waals surface area (Å²) in [6.07, 6.45) is -9.80. The van der Waals surface area contributed by atoms with Crippen molar-refractivity contribution >= 4 is 15.9 Å². The molecule has 0 saturated heterocycles. The molecule has 0 saturated carbocycles. The van der Waals surface area contributed by atoms with Crippen molar-refractivity contribution in [3.63, 3.8) is 0 Å². The largest absolute Gasteiger partial charge is 0.430 e. The second-order valence-corrected chi connectivity index (χ2v) is 6.99. The molecule has 0 spiro atoms. The Labute approximate surface area is 146 Å². The number of alkyl halides is 6. The molecule has 150 valence electrons. The molecule has 1 rings (SSSR count). The van der Waals surface area contributed by atoms with Crippen molar-refractivity contribution in [1.82, 2.24) is 4.72 Å². The number of nitrogens with one attached hydrogen (secondary N) is 2. The zero-order valence-corrected chi connectivity index (χ0v) is 14.4. The van der Waals surface area contributed by atoms with Crippen LogP contribution in [0, 0.1) is 0 Å². The first-order chi connectivity index (χ1) is 11.7. The van der Waals surface area contributed by atoms with Gasteiger partial charge < -0.3 is 5.11 Å². The van der Waals surface area contributed by atoms with Gasteiger partial charge >= 0.3 is 12.4 Å². The van der Waals surface area contributed by atoms with Gasteiger partial charge in [-0.05, 0) is 18.6 Å². The Morgan fingerprint density at radius 1 is 0.962 bits per heavy atom. The molecule has 0 bridgehead atoms. The highest BCUT2D eigenvalue weighted by molar-refractivity contribution is 7.90. The topological polar surface area (TPSA) is 78.4 Å². The summed E-state index contributed by atoms with van der Waals surface area (Å²) in [5.41, 5.74) is -6.80. The summed E-state index contributed by atoms with van der Waals surface area (Å²) in [6.45, 7) is 2.04. The van der Waals surface area contributed by atoms with Crippen LogP contribution in [0.1, 0.15) is 31.7 Å². The third-order valence-electron chi connectivity index (χ3n) is 3.45. The average Bonchev–Trinajstić information content (AvgIpc) is 2.49. The van der Waals surface area contributed by atoms with Crippen molar-refractivity contribution in [1.29, 1.82) is 0 Å². The van der Waals surface area contributed by atoms with Crippen LogP contribution in [-0.4, -0.2) is 32.4 Å². The van der Waals surface area contributed by atoms with Crippen molar-refractivity contribution in [2.24, 2.45) is 0 Å². The Balaban J connectivity index is 2.98. The fourth-order valence-electron chi connectivity index (χ4n) is 2.04. The van der Waals surface area contributed by atoms with Gasteiger partial charge in [0.1, 0.15) is 0 Å². The first kappa shape index (κ1) is 22.5. The number of halogens is 6. The fraction of sp³-hybridized carbons (Fsp3) is 0.571. The molecule has 0 aromatic heterocycles. The smallest absolute Gasteiger partial charge is 0.369 e. The number of aliphatic hydroxyl groups is 1.